The molecular weight excluding hydrogens is 192 g/mol. The summed E-state index contributed by atoms with van der Waals surface area (Å²) in [5.41, 5.74) is 0. The summed E-state index contributed by atoms with van der Waals surface area (Å²) in [5, 5.41) is 0. The highest BCUT2D eigenvalue weighted by molar-refractivity contribution is 6.66. The van der Waals surface area contributed by atoms with E-state index in [0.717, 1.165) is 25.2 Å². The molecule has 0 aromatic rings. The summed E-state index contributed by atoms with van der Waals surface area (Å²) in [4.78, 5) is 0. The molecule has 0 amide bonds. The molecule has 0 unspecified atom stereocenters. The molecule has 0 spiro atoms. The van der Waals surface area contributed by atoms with Gasteiger partial charge in [-0.25, -0.2) is 0 Å². The molecule has 0 saturated carbocycles. The fourth-order valence-corrected chi connectivity index (χ4v) is 4.07. The molecule has 0 fully saturated rings. The highest BCUT2D eigenvalue weighted by atomic mass is 28.4. The van der Waals surface area contributed by atoms with Crippen molar-refractivity contribution >= 4 is 8.56 Å². The third kappa shape index (κ3) is 6.57. The first kappa shape index (κ1) is 14.1. The highest BCUT2D eigenvalue weighted by Crippen LogP contribution is 2.19. The van der Waals surface area contributed by atoms with Gasteiger partial charge < -0.3 is 8.85 Å². The van der Waals surface area contributed by atoms with E-state index < -0.39 is 8.56 Å². The van der Waals surface area contributed by atoms with Crippen molar-refractivity contribution in [2.45, 2.75) is 53.1 Å². The summed E-state index contributed by atoms with van der Waals surface area (Å²) in [6.07, 6.45) is 2.52. The quantitative estimate of drug-likeness (QED) is 0.580. The molecule has 0 saturated heterocycles. The van der Waals surface area contributed by atoms with Gasteiger partial charge in [0.1, 0.15) is 0 Å². The van der Waals surface area contributed by atoms with E-state index in [9.17, 15) is 0 Å². The first-order chi connectivity index (χ1) is 6.54. The molecule has 0 N–H and O–H groups in total. The summed E-state index contributed by atoms with van der Waals surface area (Å²) in [6, 6.07) is 1.13. The molecule has 0 bridgehead atoms. The van der Waals surface area contributed by atoms with Gasteiger partial charge in [0.2, 0.25) is 0 Å². The zero-order valence-corrected chi connectivity index (χ0v) is 11.4. The van der Waals surface area contributed by atoms with Gasteiger partial charge in [-0.3, -0.25) is 0 Å². The normalized spacial score (nSPS) is 12.4. The molecule has 0 aromatic carbocycles. The van der Waals surface area contributed by atoms with Crippen LogP contribution in [0.5, 0.6) is 0 Å². The average Bonchev–Trinajstić information content (AvgIpc) is 2.03. The monoisotopic (exact) mass is 218 g/mol. The van der Waals surface area contributed by atoms with Crippen LogP contribution in [0.1, 0.15) is 40.5 Å². The fraction of sp³-hybridized carbons (Fsp3) is 1.00. The van der Waals surface area contributed by atoms with Crippen LogP contribution in [-0.4, -0.2) is 21.8 Å². The van der Waals surface area contributed by atoms with Gasteiger partial charge in [-0.1, -0.05) is 26.7 Å². The summed E-state index contributed by atoms with van der Waals surface area (Å²) < 4.78 is 11.5. The second-order valence-corrected chi connectivity index (χ2v) is 7.63. The Morgan fingerprint density at radius 3 is 1.93 bits per heavy atom. The molecule has 86 valence electrons. The molecule has 0 aliphatic carbocycles. The second kappa shape index (κ2) is 7.43. The highest BCUT2D eigenvalue weighted by Gasteiger charge is 2.29. The Kier molecular flexibility index (Phi) is 7.50. The summed E-state index contributed by atoms with van der Waals surface area (Å²) in [6.45, 7) is 12.4. The maximum Gasteiger partial charge on any atom is 0.334 e. The number of hydrogen-bond acceptors (Lipinski definition) is 2. The maximum absolute atomic E-state index is 5.77. The molecule has 0 radical (unpaired) electrons. The minimum Gasteiger partial charge on any atom is -0.395 e. The molecule has 0 aliphatic rings. The Labute approximate surface area is 90.2 Å². The van der Waals surface area contributed by atoms with E-state index >= 15 is 0 Å². The van der Waals surface area contributed by atoms with Crippen LogP contribution in [-0.2, 0) is 8.85 Å². The summed E-state index contributed by atoms with van der Waals surface area (Å²) in [5.74, 6) is 0.788. The van der Waals surface area contributed by atoms with Gasteiger partial charge in [0.15, 0.2) is 0 Å². The van der Waals surface area contributed by atoms with E-state index in [2.05, 4.69) is 20.4 Å². The molecule has 0 atom stereocenters. The van der Waals surface area contributed by atoms with Gasteiger partial charge in [-0.2, -0.15) is 0 Å². The van der Waals surface area contributed by atoms with E-state index in [0.29, 0.717) is 0 Å². The standard InChI is InChI=1S/C11H26O2Si/c1-6-12-14(5,13-7-2)10-8-9-11(3)4/h11H,6-10H2,1-5H3. The lowest BCUT2D eigenvalue weighted by atomic mass is 10.1. The van der Waals surface area contributed by atoms with E-state index in [4.69, 9.17) is 8.85 Å². The van der Waals surface area contributed by atoms with Crippen molar-refractivity contribution in [1.29, 1.82) is 0 Å². The Morgan fingerprint density at radius 2 is 1.57 bits per heavy atom. The Bertz CT molecular complexity index is 131. The topological polar surface area (TPSA) is 18.5 Å². The molecule has 14 heavy (non-hydrogen) atoms. The first-order valence-electron chi connectivity index (χ1n) is 5.82. The van der Waals surface area contributed by atoms with Gasteiger partial charge in [0.25, 0.3) is 0 Å². The van der Waals surface area contributed by atoms with E-state index in [1.54, 1.807) is 0 Å². The Hall–Kier alpha value is 0.137. The molecule has 0 aromatic heterocycles. The van der Waals surface area contributed by atoms with Crippen molar-refractivity contribution < 1.29 is 8.85 Å². The Balaban J connectivity index is 3.83. The van der Waals surface area contributed by atoms with Gasteiger partial charge >= 0.3 is 8.56 Å². The zero-order chi connectivity index (χ0) is 11.0. The molecule has 2 nitrogen and oxygen atoms in total. The lowest BCUT2D eigenvalue weighted by Crippen LogP contribution is -2.38. The van der Waals surface area contributed by atoms with Gasteiger partial charge in [0, 0.05) is 13.2 Å². The van der Waals surface area contributed by atoms with Crippen LogP contribution in [0.3, 0.4) is 0 Å². The third-order valence-electron chi connectivity index (χ3n) is 2.31. The number of hydrogen-bond donors (Lipinski definition) is 0. The molecule has 0 rings (SSSR count). The van der Waals surface area contributed by atoms with Crippen LogP contribution in [0.15, 0.2) is 0 Å². The van der Waals surface area contributed by atoms with E-state index in [1.807, 2.05) is 13.8 Å². The van der Waals surface area contributed by atoms with Crippen LogP contribution in [0, 0.1) is 5.92 Å². The molecule has 0 heterocycles. The van der Waals surface area contributed by atoms with Crippen molar-refractivity contribution in [3.63, 3.8) is 0 Å². The zero-order valence-electron chi connectivity index (χ0n) is 10.4. The fourth-order valence-electron chi connectivity index (χ4n) is 1.63. The van der Waals surface area contributed by atoms with Crippen LogP contribution in [0.4, 0.5) is 0 Å². The van der Waals surface area contributed by atoms with Crippen molar-refractivity contribution in [3.05, 3.63) is 0 Å². The minimum absolute atomic E-state index is 0.782. The van der Waals surface area contributed by atoms with Crippen molar-refractivity contribution in [3.8, 4) is 0 Å². The SMILES string of the molecule is CCO[Si](C)(CCCC(C)C)OCC. The number of rotatable bonds is 8. The first-order valence-corrected chi connectivity index (χ1v) is 8.34. The molecule has 3 heteroatoms. The van der Waals surface area contributed by atoms with Crippen molar-refractivity contribution in [2.24, 2.45) is 5.92 Å². The van der Waals surface area contributed by atoms with Gasteiger partial charge in [0.05, 0.1) is 0 Å². The van der Waals surface area contributed by atoms with Crippen LogP contribution < -0.4 is 0 Å². The third-order valence-corrected chi connectivity index (χ3v) is 5.37. The summed E-state index contributed by atoms with van der Waals surface area (Å²) >= 11 is 0. The molecular formula is C11H26O2Si. The van der Waals surface area contributed by atoms with Crippen LogP contribution >= 0.6 is 0 Å². The predicted octanol–water partition coefficient (Wildman–Crippen LogP) is 3.57. The van der Waals surface area contributed by atoms with E-state index in [-0.39, 0.29) is 0 Å². The second-order valence-electron chi connectivity index (χ2n) is 4.29. The largest absolute Gasteiger partial charge is 0.395 e. The smallest absolute Gasteiger partial charge is 0.334 e. The lowest BCUT2D eigenvalue weighted by Gasteiger charge is -2.26. The maximum atomic E-state index is 5.77. The predicted molar refractivity (Wildman–Crippen MR) is 63.7 cm³/mol. The lowest BCUT2D eigenvalue weighted by molar-refractivity contribution is 0.187. The Morgan fingerprint density at radius 1 is 1.07 bits per heavy atom. The van der Waals surface area contributed by atoms with Gasteiger partial charge in [-0.15, -0.1) is 0 Å². The van der Waals surface area contributed by atoms with E-state index in [1.165, 1.54) is 12.8 Å². The van der Waals surface area contributed by atoms with Gasteiger partial charge in [-0.05, 0) is 32.4 Å². The van der Waals surface area contributed by atoms with Crippen molar-refractivity contribution in [2.75, 3.05) is 13.2 Å². The summed E-state index contributed by atoms with van der Waals surface area (Å²) in [7, 11) is -1.82. The average molecular weight is 218 g/mol. The molecule has 0 aliphatic heterocycles. The van der Waals surface area contributed by atoms with Crippen molar-refractivity contribution in [1.82, 2.24) is 0 Å². The van der Waals surface area contributed by atoms with Crippen LogP contribution in [0.2, 0.25) is 12.6 Å². The van der Waals surface area contributed by atoms with Crippen LogP contribution in [0.25, 0.3) is 0 Å². The minimum atomic E-state index is -1.82.